The summed E-state index contributed by atoms with van der Waals surface area (Å²) in [5, 5.41) is 13.9. The van der Waals surface area contributed by atoms with Crippen LogP contribution < -0.4 is 24.3 Å². The Bertz CT molecular complexity index is 1590. The van der Waals surface area contributed by atoms with Gasteiger partial charge < -0.3 is 24.3 Å². The van der Waals surface area contributed by atoms with E-state index >= 15 is 0 Å². The summed E-state index contributed by atoms with van der Waals surface area (Å²) in [4.78, 5) is 17.7. The van der Waals surface area contributed by atoms with Crippen molar-refractivity contribution in [3.05, 3.63) is 77.3 Å². The SMILES string of the molecule is COc1ccc(OC)c(-c2cc(-c3ccccc3)nc(SCCC(=O)Nc3cc(Cl)c(OC)cc3OC)c2C#N)c1. The molecule has 1 aromatic heterocycles. The second-order valence-corrected chi connectivity index (χ2v) is 10.1. The van der Waals surface area contributed by atoms with Gasteiger partial charge in [-0.3, -0.25) is 4.79 Å². The van der Waals surface area contributed by atoms with E-state index in [9.17, 15) is 10.1 Å². The number of rotatable bonds is 11. The molecular formula is C31H28ClN3O5S. The third kappa shape index (κ3) is 6.85. The number of nitriles is 1. The molecule has 0 bridgehead atoms. The number of halogens is 1. The molecule has 10 heteroatoms. The average molecular weight is 590 g/mol. The highest BCUT2D eigenvalue weighted by atomic mass is 35.5. The number of thioether (sulfide) groups is 1. The first-order valence-corrected chi connectivity index (χ1v) is 13.9. The standard InChI is InChI=1S/C31H28ClN3O5S/c1-37-20-10-11-27(38-2)22(14-20)21-15-25(19-8-6-5-7-9-19)35-31(23(21)18-33)41-13-12-30(36)34-26-16-24(32)28(39-3)17-29(26)40-4/h5-11,14-17H,12-13H2,1-4H3,(H,34,36). The number of anilines is 1. The van der Waals surface area contributed by atoms with Gasteiger partial charge in [0.05, 0.1) is 50.4 Å². The van der Waals surface area contributed by atoms with Crippen molar-refractivity contribution in [3.8, 4) is 51.5 Å². The molecule has 0 atom stereocenters. The molecule has 0 fully saturated rings. The van der Waals surface area contributed by atoms with Crippen LogP contribution in [0.3, 0.4) is 0 Å². The molecule has 41 heavy (non-hydrogen) atoms. The summed E-state index contributed by atoms with van der Waals surface area (Å²) in [6.07, 6.45) is 0.150. The Hall–Kier alpha value is -4.39. The van der Waals surface area contributed by atoms with Crippen LogP contribution in [0, 0.1) is 11.3 Å². The molecule has 4 aromatic rings. The maximum Gasteiger partial charge on any atom is 0.225 e. The van der Waals surface area contributed by atoms with E-state index in [1.807, 2.05) is 42.5 Å². The molecule has 0 unspecified atom stereocenters. The predicted molar refractivity (Wildman–Crippen MR) is 161 cm³/mol. The summed E-state index contributed by atoms with van der Waals surface area (Å²) in [5.74, 6) is 2.20. The number of hydrogen-bond donors (Lipinski definition) is 1. The topological polar surface area (TPSA) is 103 Å². The molecule has 1 heterocycles. The highest BCUT2D eigenvalue weighted by molar-refractivity contribution is 7.99. The quantitative estimate of drug-likeness (QED) is 0.185. The zero-order valence-electron chi connectivity index (χ0n) is 23.0. The fourth-order valence-corrected chi connectivity index (χ4v) is 5.32. The van der Waals surface area contributed by atoms with Gasteiger partial charge in [-0.15, -0.1) is 11.8 Å². The lowest BCUT2D eigenvalue weighted by Gasteiger charge is -2.16. The van der Waals surface area contributed by atoms with Crippen LogP contribution in [0.25, 0.3) is 22.4 Å². The van der Waals surface area contributed by atoms with Gasteiger partial charge in [0.1, 0.15) is 34.1 Å². The Labute approximate surface area is 248 Å². The van der Waals surface area contributed by atoms with Gasteiger partial charge in [0.25, 0.3) is 0 Å². The van der Waals surface area contributed by atoms with Crippen LogP contribution >= 0.6 is 23.4 Å². The summed E-state index contributed by atoms with van der Waals surface area (Å²) in [5.41, 5.74) is 3.75. The van der Waals surface area contributed by atoms with Crippen molar-refractivity contribution in [2.24, 2.45) is 0 Å². The molecule has 3 aromatic carbocycles. The van der Waals surface area contributed by atoms with Crippen LogP contribution in [-0.2, 0) is 4.79 Å². The number of methoxy groups -OCH3 is 4. The molecule has 4 rings (SSSR count). The van der Waals surface area contributed by atoms with Crippen molar-refractivity contribution >= 4 is 35.0 Å². The van der Waals surface area contributed by atoms with Gasteiger partial charge in [-0.2, -0.15) is 5.26 Å². The molecule has 0 aliphatic heterocycles. The van der Waals surface area contributed by atoms with E-state index in [1.54, 1.807) is 38.5 Å². The van der Waals surface area contributed by atoms with E-state index in [-0.39, 0.29) is 12.3 Å². The Morgan fingerprint density at radius 2 is 1.63 bits per heavy atom. The Kier molecular flexibility index (Phi) is 9.95. The second kappa shape index (κ2) is 13.8. The molecule has 0 aliphatic carbocycles. The molecule has 0 saturated heterocycles. The Morgan fingerprint density at radius 3 is 2.29 bits per heavy atom. The first kappa shape index (κ1) is 29.6. The van der Waals surface area contributed by atoms with Crippen LogP contribution in [0.1, 0.15) is 12.0 Å². The molecule has 0 saturated carbocycles. The minimum Gasteiger partial charge on any atom is -0.497 e. The third-order valence-corrected chi connectivity index (χ3v) is 7.45. The molecule has 8 nitrogen and oxygen atoms in total. The number of aromatic nitrogens is 1. The Morgan fingerprint density at radius 1 is 0.902 bits per heavy atom. The van der Waals surface area contributed by atoms with Gasteiger partial charge in [-0.1, -0.05) is 41.9 Å². The fourth-order valence-electron chi connectivity index (χ4n) is 4.14. The van der Waals surface area contributed by atoms with Gasteiger partial charge in [-0.25, -0.2) is 4.98 Å². The lowest BCUT2D eigenvalue weighted by atomic mass is 9.98. The number of amides is 1. The van der Waals surface area contributed by atoms with Gasteiger partial charge in [0.2, 0.25) is 5.91 Å². The maximum atomic E-state index is 12.9. The van der Waals surface area contributed by atoms with E-state index in [2.05, 4.69) is 11.4 Å². The van der Waals surface area contributed by atoms with Crippen molar-refractivity contribution in [1.82, 2.24) is 4.98 Å². The van der Waals surface area contributed by atoms with E-state index < -0.39 is 0 Å². The smallest absolute Gasteiger partial charge is 0.225 e. The minimum absolute atomic E-state index is 0.150. The highest BCUT2D eigenvalue weighted by Crippen LogP contribution is 2.40. The largest absolute Gasteiger partial charge is 0.497 e. The molecule has 0 aliphatic rings. The summed E-state index contributed by atoms with van der Waals surface area (Å²) in [6, 6.07) is 22.5. The molecule has 1 amide bonds. The maximum absolute atomic E-state index is 12.9. The van der Waals surface area contributed by atoms with Crippen molar-refractivity contribution < 1.29 is 23.7 Å². The third-order valence-electron chi connectivity index (χ3n) is 6.18. The van der Waals surface area contributed by atoms with E-state index in [0.717, 1.165) is 5.56 Å². The van der Waals surface area contributed by atoms with Crippen LogP contribution in [-0.4, -0.2) is 45.1 Å². The van der Waals surface area contributed by atoms with Gasteiger partial charge in [-0.05, 0) is 30.3 Å². The highest BCUT2D eigenvalue weighted by Gasteiger charge is 2.20. The molecule has 210 valence electrons. The summed E-state index contributed by atoms with van der Waals surface area (Å²) in [7, 11) is 6.16. The van der Waals surface area contributed by atoms with Crippen LogP contribution in [0.4, 0.5) is 5.69 Å². The van der Waals surface area contributed by atoms with Crippen LogP contribution in [0.15, 0.2) is 71.8 Å². The van der Waals surface area contributed by atoms with E-state index in [0.29, 0.717) is 66.9 Å². The number of carbonyl (C=O) groups is 1. The van der Waals surface area contributed by atoms with Crippen molar-refractivity contribution in [2.75, 3.05) is 39.5 Å². The zero-order chi connectivity index (χ0) is 29.4. The predicted octanol–water partition coefficient (Wildman–Crippen LogP) is 7.10. The fraction of sp³-hybridized carbons (Fsp3) is 0.194. The second-order valence-electron chi connectivity index (χ2n) is 8.61. The van der Waals surface area contributed by atoms with Crippen molar-refractivity contribution in [1.29, 1.82) is 5.26 Å². The van der Waals surface area contributed by atoms with E-state index in [4.69, 9.17) is 35.5 Å². The minimum atomic E-state index is -0.246. The molecule has 0 radical (unpaired) electrons. The van der Waals surface area contributed by atoms with Crippen molar-refractivity contribution in [3.63, 3.8) is 0 Å². The number of hydrogen-bond acceptors (Lipinski definition) is 8. The number of ether oxygens (including phenoxy) is 4. The normalized spacial score (nSPS) is 10.4. The van der Waals surface area contributed by atoms with Crippen LogP contribution in [0.5, 0.6) is 23.0 Å². The number of nitrogens with zero attached hydrogens (tertiary/aromatic N) is 2. The average Bonchev–Trinajstić information content (AvgIpc) is 3.00. The molecule has 1 N–H and O–H groups in total. The van der Waals surface area contributed by atoms with Crippen LogP contribution in [0.2, 0.25) is 5.02 Å². The van der Waals surface area contributed by atoms with Gasteiger partial charge >= 0.3 is 0 Å². The summed E-state index contributed by atoms with van der Waals surface area (Å²) in [6.45, 7) is 0. The number of benzene rings is 3. The molecule has 0 spiro atoms. The molecular weight excluding hydrogens is 562 g/mol. The lowest BCUT2D eigenvalue weighted by Crippen LogP contribution is -2.13. The van der Waals surface area contributed by atoms with Crippen molar-refractivity contribution in [2.45, 2.75) is 11.4 Å². The van der Waals surface area contributed by atoms with Gasteiger partial charge in [0, 0.05) is 34.9 Å². The lowest BCUT2D eigenvalue weighted by molar-refractivity contribution is -0.115. The van der Waals surface area contributed by atoms with Gasteiger partial charge in [0.15, 0.2) is 0 Å². The first-order chi connectivity index (χ1) is 19.9. The Balaban J connectivity index is 1.65. The number of nitrogens with one attached hydrogen (secondary N) is 1. The number of pyridine rings is 1. The number of carbonyl (C=O) groups excluding carboxylic acids is 1. The monoisotopic (exact) mass is 589 g/mol. The first-order valence-electron chi connectivity index (χ1n) is 12.5. The summed E-state index contributed by atoms with van der Waals surface area (Å²) >= 11 is 7.57. The zero-order valence-corrected chi connectivity index (χ0v) is 24.6. The summed E-state index contributed by atoms with van der Waals surface area (Å²) < 4.78 is 21.7. The van der Waals surface area contributed by atoms with E-state index in [1.165, 1.54) is 26.0 Å².